The van der Waals surface area contributed by atoms with Crippen molar-refractivity contribution in [3.05, 3.63) is 110 Å². The number of aromatic hydroxyl groups is 3. The number of aromatic nitrogens is 15. The Kier molecular flexibility index (Phi) is 18.4. The zero-order chi connectivity index (χ0) is 61.3. The summed E-state index contributed by atoms with van der Waals surface area (Å²) in [5, 5.41) is 88.5. The van der Waals surface area contributed by atoms with Gasteiger partial charge in [0.15, 0.2) is 0 Å². The quantitative estimate of drug-likeness (QED) is 0.0411. The minimum Gasteiger partial charge on any atom is -0.507 e. The molecule has 464 valence electrons. The zero-order valence-electron chi connectivity index (χ0n) is 51.2. The average molecular weight is 1200 g/mol. The van der Waals surface area contributed by atoms with Crippen molar-refractivity contribution in [2.24, 2.45) is 17.8 Å². The van der Waals surface area contributed by atoms with Crippen LogP contribution in [0, 0.1) is 17.8 Å². The van der Waals surface area contributed by atoms with E-state index in [1.165, 1.54) is 44.9 Å². The second kappa shape index (κ2) is 27.2. The highest BCUT2D eigenvalue weighted by molar-refractivity contribution is 5.76. The van der Waals surface area contributed by atoms with Crippen molar-refractivity contribution in [3.8, 4) is 84.4 Å². The molecule has 6 aromatic heterocycles. The van der Waals surface area contributed by atoms with E-state index in [2.05, 4.69) is 134 Å². The van der Waals surface area contributed by atoms with Crippen LogP contribution in [0.4, 0.5) is 17.8 Å². The Balaban J connectivity index is 0.000000130. The summed E-state index contributed by atoms with van der Waals surface area (Å²) < 4.78 is 0. The molecule has 3 atom stereocenters. The molecular formula is C65H81N21O3. The number of rotatable bonds is 17. The number of anilines is 3. The molecule has 0 bridgehead atoms. The third kappa shape index (κ3) is 15.5. The summed E-state index contributed by atoms with van der Waals surface area (Å²) in [4.78, 5) is 20.1. The lowest BCUT2D eigenvalue weighted by Gasteiger charge is -2.35. The van der Waals surface area contributed by atoms with Gasteiger partial charge in [0.2, 0.25) is 17.8 Å². The highest BCUT2D eigenvalue weighted by Crippen LogP contribution is 2.36. The van der Waals surface area contributed by atoms with Crippen LogP contribution in [0.3, 0.4) is 0 Å². The van der Waals surface area contributed by atoms with Crippen LogP contribution in [0.15, 0.2) is 110 Å². The number of phenols is 3. The lowest BCUT2D eigenvalue weighted by atomic mass is 9.83. The van der Waals surface area contributed by atoms with Gasteiger partial charge in [-0.2, -0.15) is 15.3 Å². The topological polar surface area (TPSA) is 309 Å². The molecule has 0 amide bonds. The number of phenolic OH excluding ortho intramolecular Hbond substituents is 3. The molecule has 3 unspecified atom stereocenters. The largest absolute Gasteiger partial charge is 0.507 e. The molecule has 9 N–H and O–H groups in total. The number of hydrogen-bond acceptors (Lipinski definition) is 21. The van der Waals surface area contributed by atoms with Crippen LogP contribution < -0.4 is 30.7 Å². The van der Waals surface area contributed by atoms with Crippen molar-refractivity contribution in [2.45, 2.75) is 109 Å². The molecular weight excluding hydrogens is 1120 g/mol. The van der Waals surface area contributed by atoms with Gasteiger partial charge < -0.3 is 46.0 Å². The van der Waals surface area contributed by atoms with Crippen molar-refractivity contribution < 1.29 is 15.3 Å². The highest BCUT2D eigenvalue weighted by atomic mass is 16.3. The fourth-order valence-electron chi connectivity index (χ4n) is 12.1. The van der Waals surface area contributed by atoms with E-state index in [1.54, 1.807) is 74.0 Å². The van der Waals surface area contributed by atoms with E-state index in [-0.39, 0.29) is 22.8 Å². The number of aromatic amines is 3. The number of nitrogens with zero attached hydrogens (tertiary/aromatic N) is 15. The Bertz CT molecular complexity index is 3680. The maximum atomic E-state index is 10.5. The molecule has 5 fully saturated rings. The second-order valence-electron chi connectivity index (χ2n) is 25.7. The van der Waals surface area contributed by atoms with Crippen LogP contribution in [0.25, 0.3) is 67.2 Å². The zero-order valence-corrected chi connectivity index (χ0v) is 51.2. The van der Waals surface area contributed by atoms with Crippen molar-refractivity contribution in [2.75, 3.05) is 73.6 Å². The van der Waals surface area contributed by atoms with E-state index in [9.17, 15) is 15.3 Å². The monoisotopic (exact) mass is 1200 g/mol. The summed E-state index contributed by atoms with van der Waals surface area (Å²) in [6.45, 7) is 17.7. The summed E-state index contributed by atoms with van der Waals surface area (Å²) >= 11 is 0. The Labute approximate surface area is 518 Å². The Hall–Kier alpha value is -9.00. The van der Waals surface area contributed by atoms with Gasteiger partial charge >= 0.3 is 0 Å². The van der Waals surface area contributed by atoms with E-state index in [0.717, 1.165) is 118 Å². The minimum absolute atomic E-state index is 0.127. The molecule has 9 heterocycles. The van der Waals surface area contributed by atoms with Crippen LogP contribution in [-0.2, 0) is 0 Å². The molecule has 14 rings (SSSR count). The number of benzene rings is 3. The summed E-state index contributed by atoms with van der Waals surface area (Å²) in [5.41, 5.74) is 9.35. The van der Waals surface area contributed by atoms with Crippen molar-refractivity contribution in [1.29, 1.82) is 0 Å². The lowest BCUT2D eigenvalue weighted by molar-refractivity contribution is 0.243. The number of H-pyrrole nitrogens is 3. The molecule has 3 saturated heterocycles. The van der Waals surface area contributed by atoms with Crippen molar-refractivity contribution >= 4 is 17.8 Å². The smallest absolute Gasteiger partial charge is 0.245 e. The van der Waals surface area contributed by atoms with Gasteiger partial charge in [0.05, 0.1) is 37.2 Å². The average Bonchev–Trinajstić information content (AvgIpc) is 4.44. The van der Waals surface area contributed by atoms with Gasteiger partial charge in [-0.1, -0.05) is 37.5 Å². The number of nitrogens with one attached hydrogen (secondary N) is 6. The van der Waals surface area contributed by atoms with Gasteiger partial charge in [-0.05, 0) is 150 Å². The maximum Gasteiger partial charge on any atom is 0.245 e. The van der Waals surface area contributed by atoms with E-state index in [0.29, 0.717) is 74.9 Å². The van der Waals surface area contributed by atoms with E-state index in [4.69, 9.17) is 0 Å². The van der Waals surface area contributed by atoms with Crippen molar-refractivity contribution in [1.82, 2.24) is 92.1 Å². The molecule has 2 aliphatic carbocycles. The molecule has 89 heavy (non-hydrogen) atoms. The summed E-state index contributed by atoms with van der Waals surface area (Å²) in [5.74, 6) is 4.23. The second-order valence-corrected chi connectivity index (χ2v) is 25.7. The summed E-state index contributed by atoms with van der Waals surface area (Å²) in [6.07, 6.45) is 28.3. The van der Waals surface area contributed by atoms with Crippen LogP contribution >= 0.6 is 0 Å². The van der Waals surface area contributed by atoms with Crippen LogP contribution in [0.2, 0.25) is 0 Å². The van der Waals surface area contributed by atoms with Gasteiger partial charge in [-0.25, -0.2) is 15.0 Å². The fourth-order valence-corrected chi connectivity index (χ4v) is 12.1. The third-order valence-electron chi connectivity index (χ3n) is 17.6. The molecule has 9 aromatic rings. The molecule has 5 aliphatic rings. The lowest BCUT2D eigenvalue weighted by Crippen LogP contribution is -2.46. The van der Waals surface area contributed by atoms with Crippen LogP contribution in [0.5, 0.6) is 17.2 Å². The standard InChI is InChI=1S/C24H31N7O.C21H27N7O.C20H23N7O/c1-24(8-3-2-4-9-24)26-12-17-7-10-31(16-17)23-25-15-21(29-30-23)20-6-5-18(11-22(20)32)19-13-27-28-14-19;1-21(2,3)23-9-14-6-7-28(13-14)20-22-12-18(26-27-20)17-5-4-15(8-19(17)29)16-10-24-25-11-16;28-19-7-14(15-9-23-24-10-15)1-4-17(19)18-11-22-20(26-25-18)27-6-5-13(12-27)8-21-16-2-3-16/h5-6,11,13-15,17,26,32H,2-4,7-10,12,16H2,1H3,(H,27,28);4-5,8,10-12,14,23,29H,6-7,9,13H2,1-3H3,(H,24,25);1,4,7,9-11,13,16,21,28H,2-3,5-6,8,12H2,(H,23,24). The van der Waals surface area contributed by atoms with Gasteiger partial charge in [0.25, 0.3) is 0 Å². The first-order valence-corrected chi connectivity index (χ1v) is 31.3. The Morgan fingerprint density at radius 1 is 0.483 bits per heavy atom. The predicted octanol–water partition coefficient (Wildman–Crippen LogP) is 8.83. The summed E-state index contributed by atoms with van der Waals surface area (Å²) in [7, 11) is 0. The Morgan fingerprint density at radius 3 is 1.21 bits per heavy atom. The first kappa shape index (κ1) is 60.3. The van der Waals surface area contributed by atoms with Crippen LogP contribution in [0.1, 0.15) is 91.9 Å². The number of hydrogen-bond donors (Lipinski definition) is 9. The minimum atomic E-state index is 0.127. The first-order valence-electron chi connectivity index (χ1n) is 31.3. The third-order valence-corrected chi connectivity index (χ3v) is 17.6. The molecule has 24 heteroatoms. The van der Waals surface area contributed by atoms with Crippen LogP contribution in [-0.4, -0.2) is 167 Å². The summed E-state index contributed by atoms with van der Waals surface area (Å²) in [6, 6.07) is 17.1. The first-order chi connectivity index (χ1) is 43.2. The fraction of sp³-hybridized carbons (Fsp3) is 0.446. The van der Waals surface area contributed by atoms with E-state index < -0.39 is 0 Å². The van der Waals surface area contributed by atoms with Gasteiger partial charge in [-0.15, -0.1) is 30.6 Å². The molecule has 2 saturated carbocycles. The van der Waals surface area contributed by atoms with E-state index in [1.807, 2.05) is 36.4 Å². The predicted molar refractivity (Wildman–Crippen MR) is 343 cm³/mol. The maximum absolute atomic E-state index is 10.5. The molecule has 3 aliphatic heterocycles. The normalized spacial score (nSPS) is 19.0. The van der Waals surface area contributed by atoms with Crippen molar-refractivity contribution in [3.63, 3.8) is 0 Å². The van der Waals surface area contributed by atoms with Gasteiger partial charge in [-0.3, -0.25) is 15.3 Å². The van der Waals surface area contributed by atoms with E-state index >= 15 is 0 Å². The SMILES string of the molecule is CC(C)(C)NCC1CCN(c2ncc(-c3ccc(-c4cn[nH]c4)cc3O)nn2)C1.CC1(NCC2CCN(c3ncc(-c4ccc(-c5cn[nH]c5)cc4O)nn3)C2)CCCCC1.Oc1cc(-c2cn[nH]c2)ccc1-c1cnc(N2CCC(CNC3CC3)C2)nn1. The Morgan fingerprint density at radius 2 is 0.876 bits per heavy atom. The van der Waals surface area contributed by atoms with Gasteiger partial charge in [0, 0.05) is 121 Å². The highest BCUT2D eigenvalue weighted by Gasteiger charge is 2.32. The molecule has 3 aromatic carbocycles. The molecule has 0 spiro atoms. The molecule has 24 nitrogen and oxygen atoms in total. The van der Waals surface area contributed by atoms with Gasteiger partial charge in [0.1, 0.15) is 34.3 Å². The molecule has 0 radical (unpaired) electrons.